The minimum Gasteiger partial charge on any atom is -0.480 e. The van der Waals surface area contributed by atoms with Gasteiger partial charge in [-0.05, 0) is 26.2 Å². The second-order valence-corrected chi connectivity index (χ2v) is 4.53. The molecule has 0 aromatic carbocycles. The minimum atomic E-state index is -1.16. The van der Waals surface area contributed by atoms with E-state index < -0.39 is 23.9 Å². The molecule has 1 aliphatic heterocycles. The molecule has 1 heterocycles. The van der Waals surface area contributed by atoms with Crippen LogP contribution in [0.15, 0.2) is 0 Å². The molecular formula is C11H19N3O4. The highest BCUT2D eigenvalue weighted by Gasteiger charge is 2.28. The van der Waals surface area contributed by atoms with Gasteiger partial charge in [0.25, 0.3) is 0 Å². The van der Waals surface area contributed by atoms with Crippen LogP contribution in [0.3, 0.4) is 0 Å². The van der Waals surface area contributed by atoms with Crippen LogP contribution in [0.1, 0.15) is 32.6 Å². The molecule has 4 N–H and O–H groups in total. The van der Waals surface area contributed by atoms with Crippen LogP contribution in [-0.2, 0) is 9.59 Å². The summed E-state index contributed by atoms with van der Waals surface area (Å²) in [5, 5.41) is 11.4. The number of likely N-dealkylation sites (tertiary alicyclic amines) is 1. The molecule has 0 aromatic heterocycles. The first-order valence-electron chi connectivity index (χ1n) is 6.00. The predicted octanol–water partition coefficient (Wildman–Crippen LogP) is -0.101. The smallest absolute Gasteiger partial charge is 0.326 e. The molecule has 0 aliphatic carbocycles. The number of hydrogen-bond acceptors (Lipinski definition) is 3. The fourth-order valence-corrected chi connectivity index (χ4v) is 2.01. The molecule has 102 valence electrons. The van der Waals surface area contributed by atoms with Gasteiger partial charge in [-0.2, -0.15) is 0 Å². The number of primary amides is 1. The highest BCUT2D eigenvalue weighted by molar-refractivity contribution is 5.83. The number of rotatable bonds is 5. The molecule has 3 amide bonds. The fourth-order valence-electron chi connectivity index (χ4n) is 2.01. The number of nitrogens with zero attached hydrogens (tertiary/aromatic N) is 1. The van der Waals surface area contributed by atoms with Crippen LogP contribution in [0.25, 0.3) is 0 Å². The highest BCUT2D eigenvalue weighted by Crippen LogP contribution is 2.16. The van der Waals surface area contributed by atoms with E-state index in [0.717, 1.165) is 12.8 Å². The molecule has 1 saturated heterocycles. The lowest BCUT2D eigenvalue weighted by Gasteiger charge is -2.24. The average Bonchev–Trinajstić information content (AvgIpc) is 2.69. The zero-order valence-electron chi connectivity index (χ0n) is 10.4. The summed E-state index contributed by atoms with van der Waals surface area (Å²) in [7, 11) is 0. The molecule has 0 saturated carbocycles. The lowest BCUT2D eigenvalue weighted by Crippen LogP contribution is -2.49. The van der Waals surface area contributed by atoms with E-state index in [1.54, 1.807) is 4.90 Å². The predicted molar refractivity (Wildman–Crippen MR) is 63.8 cm³/mol. The van der Waals surface area contributed by atoms with Crippen LogP contribution in [0, 0.1) is 0 Å². The number of carbonyl (C=O) groups excluding carboxylic acids is 2. The Morgan fingerprint density at radius 3 is 2.61 bits per heavy atom. The van der Waals surface area contributed by atoms with Crippen molar-refractivity contribution in [2.24, 2.45) is 5.73 Å². The Labute approximate surface area is 105 Å². The molecule has 1 aliphatic rings. The number of carboxylic acid groups (broad SMARTS) is 1. The van der Waals surface area contributed by atoms with E-state index in [9.17, 15) is 14.4 Å². The van der Waals surface area contributed by atoms with Gasteiger partial charge in [0, 0.05) is 19.0 Å². The summed E-state index contributed by atoms with van der Waals surface area (Å²) in [5.41, 5.74) is 4.96. The molecular weight excluding hydrogens is 238 g/mol. The summed E-state index contributed by atoms with van der Waals surface area (Å²) >= 11 is 0. The average molecular weight is 257 g/mol. The monoisotopic (exact) mass is 257 g/mol. The number of nitrogens with two attached hydrogens (primary N) is 1. The van der Waals surface area contributed by atoms with Gasteiger partial charge >= 0.3 is 12.0 Å². The van der Waals surface area contributed by atoms with E-state index >= 15 is 0 Å². The second-order valence-electron chi connectivity index (χ2n) is 4.53. The van der Waals surface area contributed by atoms with E-state index in [1.807, 2.05) is 6.92 Å². The SMILES string of the molecule is CC1CCCN1C(=O)NC(CCC(N)=O)C(=O)O. The van der Waals surface area contributed by atoms with Gasteiger partial charge in [-0.1, -0.05) is 0 Å². The van der Waals surface area contributed by atoms with Gasteiger partial charge in [-0.15, -0.1) is 0 Å². The van der Waals surface area contributed by atoms with Gasteiger partial charge in [0.2, 0.25) is 5.91 Å². The molecule has 0 spiro atoms. The lowest BCUT2D eigenvalue weighted by atomic mass is 10.1. The van der Waals surface area contributed by atoms with E-state index in [-0.39, 0.29) is 18.9 Å². The largest absolute Gasteiger partial charge is 0.480 e. The number of carboxylic acids is 1. The quantitative estimate of drug-likeness (QED) is 0.638. The third-order valence-electron chi connectivity index (χ3n) is 3.09. The molecule has 2 atom stereocenters. The lowest BCUT2D eigenvalue weighted by molar-refractivity contribution is -0.139. The van der Waals surface area contributed by atoms with Gasteiger partial charge in [0.15, 0.2) is 0 Å². The summed E-state index contributed by atoms with van der Waals surface area (Å²) in [6.45, 7) is 2.56. The van der Waals surface area contributed by atoms with Gasteiger partial charge in [-0.3, -0.25) is 4.79 Å². The summed E-state index contributed by atoms with van der Waals surface area (Å²) in [5.74, 6) is -1.73. The normalized spacial score (nSPS) is 20.5. The van der Waals surface area contributed by atoms with Crippen molar-refractivity contribution in [2.45, 2.75) is 44.7 Å². The summed E-state index contributed by atoms with van der Waals surface area (Å²) in [4.78, 5) is 35.0. The van der Waals surface area contributed by atoms with E-state index in [2.05, 4.69) is 5.32 Å². The van der Waals surface area contributed by atoms with Crippen molar-refractivity contribution in [3.63, 3.8) is 0 Å². The van der Waals surface area contributed by atoms with Crippen molar-refractivity contribution in [2.75, 3.05) is 6.54 Å². The Bertz CT molecular complexity index is 345. The zero-order valence-corrected chi connectivity index (χ0v) is 10.4. The maximum absolute atomic E-state index is 11.9. The Morgan fingerprint density at radius 1 is 1.50 bits per heavy atom. The van der Waals surface area contributed by atoms with Gasteiger partial charge < -0.3 is 21.1 Å². The Hall–Kier alpha value is -1.79. The molecule has 0 aromatic rings. The van der Waals surface area contributed by atoms with Gasteiger partial charge in [0.05, 0.1) is 0 Å². The van der Waals surface area contributed by atoms with Crippen molar-refractivity contribution >= 4 is 17.9 Å². The second kappa shape index (κ2) is 6.23. The zero-order chi connectivity index (χ0) is 13.7. The summed E-state index contributed by atoms with van der Waals surface area (Å²) < 4.78 is 0. The molecule has 1 rings (SSSR count). The molecule has 0 radical (unpaired) electrons. The van der Waals surface area contributed by atoms with Crippen LogP contribution < -0.4 is 11.1 Å². The number of nitrogens with one attached hydrogen (secondary N) is 1. The number of aliphatic carboxylic acids is 1. The maximum Gasteiger partial charge on any atom is 0.326 e. The van der Waals surface area contributed by atoms with Crippen LogP contribution >= 0.6 is 0 Å². The first-order valence-corrected chi connectivity index (χ1v) is 6.00. The van der Waals surface area contributed by atoms with Crippen LogP contribution in [0.2, 0.25) is 0 Å². The molecule has 0 bridgehead atoms. The molecule has 7 heteroatoms. The van der Waals surface area contributed by atoms with E-state index in [4.69, 9.17) is 10.8 Å². The van der Waals surface area contributed by atoms with Crippen LogP contribution in [0.4, 0.5) is 4.79 Å². The number of urea groups is 1. The van der Waals surface area contributed by atoms with E-state index in [0.29, 0.717) is 6.54 Å². The van der Waals surface area contributed by atoms with Crippen molar-refractivity contribution in [1.29, 1.82) is 0 Å². The third-order valence-corrected chi connectivity index (χ3v) is 3.09. The van der Waals surface area contributed by atoms with Crippen molar-refractivity contribution < 1.29 is 19.5 Å². The maximum atomic E-state index is 11.9. The Kier molecular flexibility index (Phi) is 4.94. The van der Waals surface area contributed by atoms with Crippen molar-refractivity contribution in [3.05, 3.63) is 0 Å². The Balaban J connectivity index is 2.52. The number of hydrogen-bond donors (Lipinski definition) is 3. The third kappa shape index (κ3) is 3.90. The number of carbonyl (C=O) groups is 3. The van der Waals surface area contributed by atoms with Crippen molar-refractivity contribution in [3.8, 4) is 0 Å². The van der Waals surface area contributed by atoms with Crippen molar-refractivity contribution in [1.82, 2.24) is 10.2 Å². The summed E-state index contributed by atoms with van der Waals surface area (Å²) in [6, 6.07) is -1.34. The highest BCUT2D eigenvalue weighted by atomic mass is 16.4. The standard InChI is InChI=1S/C11H19N3O4/c1-7-3-2-6-14(7)11(18)13-8(10(16)17)4-5-9(12)15/h7-8H,2-6H2,1H3,(H2,12,15)(H,13,18)(H,16,17). The molecule has 7 nitrogen and oxygen atoms in total. The summed E-state index contributed by atoms with van der Waals surface area (Å²) in [6.07, 6.45) is 1.80. The number of amides is 3. The Morgan fingerprint density at radius 2 is 2.17 bits per heavy atom. The molecule has 2 unspecified atom stereocenters. The van der Waals surface area contributed by atoms with Gasteiger partial charge in [-0.25, -0.2) is 9.59 Å². The van der Waals surface area contributed by atoms with Gasteiger partial charge in [0.1, 0.15) is 6.04 Å². The minimum absolute atomic E-state index is 0.0125. The first-order chi connectivity index (χ1) is 8.41. The molecule has 1 fully saturated rings. The first kappa shape index (κ1) is 14.3. The topological polar surface area (TPSA) is 113 Å². The molecule has 18 heavy (non-hydrogen) atoms. The van der Waals surface area contributed by atoms with E-state index in [1.165, 1.54) is 0 Å². The fraction of sp³-hybridized carbons (Fsp3) is 0.727. The van der Waals surface area contributed by atoms with Crippen LogP contribution in [0.5, 0.6) is 0 Å². The van der Waals surface area contributed by atoms with Crippen LogP contribution in [-0.4, -0.2) is 46.5 Å².